The van der Waals surface area contributed by atoms with Crippen LogP contribution in [0.25, 0.3) is 33.2 Å². The number of ether oxygens (including phenoxy) is 1. The summed E-state index contributed by atoms with van der Waals surface area (Å²) in [5.41, 5.74) is 9.94. The van der Waals surface area contributed by atoms with E-state index in [9.17, 15) is 0 Å². The second-order valence-electron chi connectivity index (χ2n) is 11.7. The zero-order valence-corrected chi connectivity index (χ0v) is 23.5. The highest BCUT2D eigenvalue weighted by Crippen LogP contribution is 2.40. The van der Waals surface area contributed by atoms with Gasteiger partial charge in [-0.3, -0.25) is 10.00 Å². The zero-order valence-electron chi connectivity index (χ0n) is 23.5. The topological polar surface area (TPSA) is 73.1 Å². The number of fused-ring (bicyclic) bond motifs is 2. The summed E-state index contributed by atoms with van der Waals surface area (Å²) >= 11 is 0. The van der Waals surface area contributed by atoms with E-state index in [0.29, 0.717) is 11.8 Å². The summed E-state index contributed by atoms with van der Waals surface area (Å²) in [5, 5.41) is 9.65. The van der Waals surface area contributed by atoms with Crippen molar-refractivity contribution in [2.24, 2.45) is 0 Å². The summed E-state index contributed by atoms with van der Waals surface area (Å²) < 4.78 is 5.50. The van der Waals surface area contributed by atoms with Crippen molar-refractivity contribution in [3.63, 3.8) is 0 Å². The van der Waals surface area contributed by atoms with Crippen LogP contribution in [-0.2, 0) is 11.3 Å². The zero-order chi connectivity index (χ0) is 27.1. The maximum Gasteiger partial charge on any atom is 0.155 e. The molecule has 40 heavy (non-hydrogen) atoms. The minimum atomic E-state index is 0.394. The molecule has 5 aromatic rings. The van der Waals surface area contributed by atoms with Gasteiger partial charge in [0.15, 0.2) is 5.65 Å². The summed E-state index contributed by atoms with van der Waals surface area (Å²) in [6.45, 7) is 11.5. The third kappa shape index (κ3) is 4.78. The fourth-order valence-corrected chi connectivity index (χ4v) is 6.68. The molecule has 7 rings (SSSR count). The summed E-state index contributed by atoms with van der Waals surface area (Å²) in [5.74, 6) is 0.995. The van der Waals surface area contributed by atoms with E-state index >= 15 is 0 Å². The lowest BCUT2D eigenvalue weighted by Gasteiger charge is -2.32. The van der Waals surface area contributed by atoms with Crippen LogP contribution in [0, 0.1) is 0 Å². The first-order valence-corrected chi connectivity index (χ1v) is 14.7. The highest BCUT2D eigenvalue weighted by molar-refractivity contribution is 5.98. The second kappa shape index (κ2) is 10.7. The van der Waals surface area contributed by atoms with Gasteiger partial charge < -0.3 is 14.6 Å². The molecule has 2 aromatic carbocycles. The van der Waals surface area contributed by atoms with Crippen LogP contribution in [0.4, 0.5) is 5.69 Å². The molecule has 2 aliphatic heterocycles. The maximum atomic E-state index is 5.50. The molecular formula is C33H38N6O. The van der Waals surface area contributed by atoms with Crippen molar-refractivity contribution in [3.8, 4) is 11.3 Å². The van der Waals surface area contributed by atoms with Crippen molar-refractivity contribution in [2.45, 2.75) is 45.1 Å². The van der Waals surface area contributed by atoms with E-state index in [-0.39, 0.29) is 0 Å². The van der Waals surface area contributed by atoms with Gasteiger partial charge in [-0.05, 0) is 84.8 Å². The van der Waals surface area contributed by atoms with Gasteiger partial charge in [-0.15, -0.1) is 0 Å². The van der Waals surface area contributed by atoms with Crippen molar-refractivity contribution >= 4 is 27.6 Å². The average Bonchev–Trinajstić information content (AvgIpc) is 3.63. The first kappa shape index (κ1) is 25.3. The molecule has 0 radical (unpaired) electrons. The first-order valence-electron chi connectivity index (χ1n) is 14.7. The minimum absolute atomic E-state index is 0.394. The molecule has 0 unspecified atom stereocenters. The molecule has 0 amide bonds. The number of hydrogen-bond donors (Lipinski definition) is 2. The van der Waals surface area contributed by atoms with Crippen LogP contribution in [0.5, 0.6) is 0 Å². The summed E-state index contributed by atoms with van der Waals surface area (Å²) in [6.07, 6.45) is 6.14. The summed E-state index contributed by atoms with van der Waals surface area (Å²) in [7, 11) is 0. The molecule has 7 nitrogen and oxygen atoms in total. The SMILES string of the molecule is CC(C)c1c(-c2ccnc3[nH]ncc23)[nH]c2ccc(C3CCN(Cc4ccc(N5CCOCC5)cc4)CC3)cc12. The fourth-order valence-electron chi connectivity index (χ4n) is 6.68. The third-order valence-corrected chi connectivity index (χ3v) is 8.84. The Morgan fingerprint density at radius 2 is 1.75 bits per heavy atom. The monoisotopic (exact) mass is 534 g/mol. The molecule has 0 bridgehead atoms. The predicted octanol–water partition coefficient (Wildman–Crippen LogP) is 6.45. The van der Waals surface area contributed by atoms with Crippen LogP contribution in [-0.4, -0.2) is 64.5 Å². The van der Waals surface area contributed by atoms with Crippen LogP contribution in [0.15, 0.2) is 60.9 Å². The van der Waals surface area contributed by atoms with Crippen molar-refractivity contribution in [1.82, 2.24) is 25.1 Å². The molecule has 2 N–H and O–H groups in total. The number of likely N-dealkylation sites (tertiary alicyclic amines) is 1. The standard InChI is InChI=1S/C33H38N6O/c1-22(2)31-28-19-25(5-8-30(28)36-32(31)27-9-12-34-33-29(27)20-35-37-33)24-10-13-38(14-11-24)21-23-3-6-26(7-4-23)39-15-17-40-18-16-39/h3-9,12,19-20,22,24,36H,10-11,13-18,21H2,1-2H3,(H,34,35,37). The maximum absolute atomic E-state index is 5.50. The molecule has 0 spiro atoms. The molecule has 0 aliphatic carbocycles. The molecule has 2 fully saturated rings. The normalized spacial score (nSPS) is 17.4. The van der Waals surface area contributed by atoms with Gasteiger partial charge >= 0.3 is 0 Å². The number of aromatic nitrogens is 4. The molecule has 3 aromatic heterocycles. The number of anilines is 1. The summed E-state index contributed by atoms with van der Waals surface area (Å²) in [4.78, 5) is 13.2. The van der Waals surface area contributed by atoms with Crippen molar-refractivity contribution < 1.29 is 4.74 Å². The van der Waals surface area contributed by atoms with Gasteiger partial charge in [-0.2, -0.15) is 5.10 Å². The number of hydrogen-bond acceptors (Lipinski definition) is 5. The van der Waals surface area contributed by atoms with E-state index in [1.54, 1.807) is 0 Å². The number of piperidine rings is 1. The number of nitrogens with zero attached hydrogens (tertiary/aromatic N) is 4. The largest absolute Gasteiger partial charge is 0.378 e. The highest BCUT2D eigenvalue weighted by atomic mass is 16.5. The van der Waals surface area contributed by atoms with Gasteiger partial charge in [0, 0.05) is 53.4 Å². The Kier molecular flexibility index (Phi) is 6.77. The molecule has 2 aliphatic rings. The van der Waals surface area contributed by atoms with E-state index in [4.69, 9.17) is 4.74 Å². The number of aromatic amines is 2. The van der Waals surface area contributed by atoms with Gasteiger partial charge in [-0.1, -0.05) is 32.0 Å². The number of morpholine rings is 1. The molecule has 7 heteroatoms. The lowest BCUT2D eigenvalue weighted by atomic mass is 9.87. The average molecular weight is 535 g/mol. The van der Waals surface area contributed by atoms with Gasteiger partial charge in [0.25, 0.3) is 0 Å². The molecular weight excluding hydrogens is 496 g/mol. The molecule has 0 saturated carbocycles. The Labute approximate surface area is 235 Å². The fraction of sp³-hybridized carbons (Fsp3) is 0.394. The minimum Gasteiger partial charge on any atom is -0.378 e. The lowest BCUT2D eigenvalue weighted by molar-refractivity contribution is 0.122. The Hall–Kier alpha value is -3.68. The molecule has 2 saturated heterocycles. The lowest BCUT2D eigenvalue weighted by Crippen LogP contribution is -2.36. The van der Waals surface area contributed by atoms with Crippen molar-refractivity contribution in [2.75, 3.05) is 44.3 Å². The Morgan fingerprint density at radius 3 is 2.52 bits per heavy atom. The molecule has 0 atom stereocenters. The Bertz CT molecular complexity index is 1600. The smallest absolute Gasteiger partial charge is 0.155 e. The number of nitrogens with one attached hydrogen (secondary N) is 2. The second-order valence-corrected chi connectivity index (χ2v) is 11.7. The van der Waals surface area contributed by atoms with E-state index in [1.807, 2.05) is 12.4 Å². The van der Waals surface area contributed by atoms with E-state index in [0.717, 1.165) is 62.5 Å². The van der Waals surface area contributed by atoms with E-state index in [2.05, 4.69) is 92.3 Å². The quantitative estimate of drug-likeness (QED) is 0.262. The van der Waals surface area contributed by atoms with Gasteiger partial charge in [0.1, 0.15) is 0 Å². The number of benzene rings is 2. The predicted molar refractivity (Wildman–Crippen MR) is 162 cm³/mol. The third-order valence-electron chi connectivity index (χ3n) is 8.84. The Morgan fingerprint density at radius 1 is 0.950 bits per heavy atom. The van der Waals surface area contributed by atoms with E-state index in [1.165, 1.54) is 51.8 Å². The van der Waals surface area contributed by atoms with Crippen LogP contribution in [0.2, 0.25) is 0 Å². The Balaban J connectivity index is 1.07. The van der Waals surface area contributed by atoms with Gasteiger partial charge in [-0.25, -0.2) is 4.98 Å². The van der Waals surface area contributed by atoms with Crippen LogP contribution in [0.3, 0.4) is 0 Å². The van der Waals surface area contributed by atoms with Crippen molar-refractivity contribution in [3.05, 3.63) is 77.6 Å². The van der Waals surface area contributed by atoms with Gasteiger partial charge in [0.2, 0.25) is 0 Å². The van der Waals surface area contributed by atoms with Crippen LogP contribution < -0.4 is 4.90 Å². The number of pyridine rings is 1. The van der Waals surface area contributed by atoms with Crippen molar-refractivity contribution in [1.29, 1.82) is 0 Å². The highest BCUT2D eigenvalue weighted by Gasteiger charge is 2.24. The van der Waals surface area contributed by atoms with Crippen LogP contribution in [0.1, 0.15) is 55.2 Å². The van der Waals surface area contributed by atoms with Crippen LogP contribution >= 0.6 is 0 Å². The van der Waals surface area contributed by atoms with E-state index < -0.39 is 0 Å². The molecule has 206 valence electrons. The van der Waals surface area contributed by atoms with Gasteiger partial charge in [0.05, 0.1) is 25.1 Å². The first-order chi connectivity index (χ1) is 19.6. The number of H-pyrrole nitrogens is 2. The molecule has 5 heterocycles. The summed E-state index contributed by atoms with van der Waals surface area (Å²) in [6, 6.07) is 18.4. The number of rotatable bonds is 6.